The number of hydrogen-bond acceptors (Lipinski definition) is 3. The predicted molar refractivity (Wildman–Crippen MR) is 129 cm³/mol. The predicted octanol–water partition coefficient (Wildman–Crippen LogP) is 4.17. The molecule has 152 valence electrons. The number of aliphatic imine (C=N–C) groups is 1. The lowest BCUT2D eigenvalue weighted by Crippen LogP contribution is -2.40. The number of guanidine groups is 1. The first-order chi connectivity index (χ1) is 12.8. The van der Waals surface area contributed by atoms with E-state index in [-0.39, 0.29) is 24.0 Å². The molecule has 1 aromatic rings. The third-order valence-electron chi connectivity index (χ3n) is 5.41. The first kappa shape index (κ1) is 22.8. The molecule has 0 aromatic heterocycles. The molecule has 2 heterocycles. The molecule has 1 aromatic carbocycles. The highest BCUT2D eigenvalue weighted by Gasteiger charge is 2.24. The van der Waals surface area contributed by atoms with Crippen molar-refractivity contribution in [3.8, 4) is 0 Å². The van der Waals surface area contributed by atoms with Crippen LogP contribution in [0.15, 0.2) is 40.2 Å². The van der Waals surface area contributed by atoms with E-state index >= 15 is 0 Å². The van der Waals surface area contributed by atoms with E-state index in [4.69, 9.17) is 0 Å². The maximum absolute atomic E-state index is 4.51. The van der Waals surface area contributed by atoms with Crippen LogP contribution in [-0.4, -0.2) is 67.8 Å². The molecule has 2 fully saturated rings. The van der Waals surface area contributed by atoms with E-state index in [9.17, 15) is 0 Å². The lowest BCUT2D eigenvalue weighted by Gasteiger charge is -2.22. The summed E-state index contributed by atoms with van der Waals surface area (Å²) in [5, 5.41) is 3.58. The van der Waals surface area contributed by atoms with Crippen LogP contribution in [0.4, 0.5) is 0 Å². The van der Waals surface area contributed by atoms with Gasteiger partial charge < -0.3 is 15.1 Å². The second-order valence-electron chi connectivity index (χ2n) is 7.45. The molecule has 27 heavy (non-hydrogen) atoms. The Balaban J connectivity index is 0.00000261. The summed E-state index contributed by atoms with van der Waals surface area (Å²) in [4.78, 5) is 10.9. The van der Waals surface area contributed by atoms with Crippen LogP contribution in [-0.2, 0) is 0 Å². The van der Waals surface area contributed by atoms with Gasteiger partial charge in [0.2, 0.25) is 0 Å². The third kappa shape index (κ3) is 7.81. The normalized spacial score (nSPS) is 20.7. The van der Waals surface area contributed by atoms with Crippen LogP contribution < -0.4 is 5.32 Å². The molecule has 0 spiro atoms. The first-order valence-corrected chi connectivity index (χ1v) is 11.2. The van der Waals surface area contributed by atoms with Gasteiger partial charge in [0, 0.05) is 37.3 Å². The van der Waals surface area contributed by atoms with Gasteiger partial charge in [-0.25, -0.2) is 0 Å². The third-order valence-corrected chi connectivity index (χ3v) is 6.65. The van der Waals surface area contributed by atoms with Gasteiger partial charge in [0.05, 0.1) is 0 Å². The standard InChI is InChI=1S/C21H34N4S.HI/c1-22-21(23-12-5-6-13-24-14-7-8-15-24)25-16-11-19(17-25)18-26-20-9-3-2-4-10-20;/h2-4,9-10,19H,5-8,11-18H2,1H3,(H,22,23);1H. The summed E-state index contributed by atoms with van der Waals surface area (Å²) in [6.45, 7) is 7.19. The van der Waals surface area contributed by atoms with Gasteiger partial charge in [-0.3, -0.25) is 4.99 Å². The van der Waals surface area contributed by atoms with Crippen molar-refractivity contribution in [2.45, 2.75) is 37.0 Å². The molecule has 0 radical (unpaired) electrons. The van der Waals surface area contributed by atoms with E-state index in [0.29, 0.717) is 0 Å². The van der Waals surface area contributed by atoms with Crippen LogP contribution in [0.25, 0.3) is 0 Å². The molecule has 2 aliphatic rings. The van der Waals surface area contributed by atoms with Crippen LogP contribution in [0.2, 0.25) is 0 Å². The fourth-order valence-electron chi connectivity index (χ4n) is 3.89. The Morgan fingerprint density at radius 1 is 1.15 bits per heavy atom. The fourth-order valence-corrected chi connectivity index (χ4v) is 4.94. The Hall–Kier alpha value is -0.470. The minimum Gasteiger partial charge on any atom is -0.356 e. The SMILES string of the molecule is CN=C(NCCCCN1CCCC1)N1CCC(CSc2ccccc2)C1.I. The van der Waals surface area contributed by atoms with Gasteiger partial charge >= 0.3 is 0 Å². The zero-order chi connectivity index (χ0) is 18.0. The molecular formula is C21H35IN4S. The van der Waals surface area contributed by atoms with Crippen LogP contribution in [0, 0.1) is 5.92 Å². The van der Waals surface area contributed by atoms with Gasteiger partial charge in [0.25, 0.3) is 0 Å². The molecule has 3 rings (SSSR count). The van der Waals surface area contributed by atoms with Crippen LogP contribution >= 0.6 is 35.7 Å². The van der Waals surface area contributed by atoms with E-state index < -0.39 is 0 Å². The highest BCUT2D eigenvalue weighted by molar-refractivity contribution is 14.0. The quantitative estimate of drug-likeness (QED) is 0.190. The van der Waals surface area contributed by atoms with E-state index in [0.717, 1.165) is 31.5 Å². The average molecular weight is 503 g/mol. The Kier molecular flexibility index (Phi) is 10.9. The Labute approximate surface area is 186 Å². The summed E-state index contributed by atoms with van der Waals surface area (Å²) in [6.07, 6.45) is 6.58. The molecule has 1 N–H and O–H groups in total. The molecular weight excluding hydrogens is 467 g/mol. The molecule has 6 heteroatoms. The number of rotatable bonds is 8. The van der Waals surface area contributed by atoms with Crippen molar-refractivity contribution in [3.63, 3.8) is 0 Å². The molecule has 2 aliphatic heterocycles. The van der Waals surface area contributed by atoms with Crippen LogP contribution in [0.3, 0.4) is 0 Å². The lowest BCUT2D eigenvalue weighted by molar-refractivity contribution is 0.330. The van der Waals surface area contributed by atoms with Gasteiger partial charge in [0.1, 0.15) is 0 Å². The van der Waals surface area contributed by atoms with Crippen LogP contribution in [0.1, 0.15) is 32.1 Å². The topological polar surface area (TPSA) is 30.9 Å². The summed E-state index contributed by atoms with van der Waals surface area (Å²) < 4.78 is 0. The summed E-state index contributed by atoms with van der Waals surface area (Å²) in [5.74, 6) is 3.06. The summed E-state index contributed by atoms with van der Waals surface area (Å²) >= 11 is 1.98. The second-order valence-corrected chi connectivity index (χ2v) is 8.55. The van der Waals surface area contributed by atoms with Crippen molar-refractivity contribution in [2.75, 3.05) is 52.1 Å². The molecule has 0 saturated carbocycles. The molecule has 2 saturated heterocycles. The Morgan fingerprint density at radius 3 is 2.67 bits per heavy atom. The number of nitrogens with one attached hydrogen (secondary N) is 1. The lowest BCUT2D eigenvalue weighted by atomic mass is 10.2. The van der Waals surface area contributed by atoms with Gasteiger partial charge in [-0.1, -0.05) is 18.2 Å². The van der Waals surface area contributed by atoms with E-state index in [1.54, 1.807) is 0 Å². The highest BCUT2D eigenvalue weighted by atomic mass is 127. The average Bonchev–Trinajstić information content (AvgIpc) is 3.36. The fraction of sp³-hybridized carbons (Fsp3) is 0.667. The smallest absolute Gasteiger partial charge is 0.193 e. The van der Waals surface area contributed by atoms with Crippen molar-refractivity contribution in [1.29, 1.82) is 0 Å². The molecule has 4 nitrogen and oxygen atoms in total. The minimum absolute atomic E-state index is 0. The molecule has 0 bridgehead atoms. The largest absolute Gasteiger partial charge is 0.356 e. The van der Waals surface area contributed by atoms with Crippen molar-refractivity contribution in [3.05, 3.63) is 30.3 Å². The Bertz CT molecular complexity index is 548. The second kappa shape index (κ2) is 12.9. The van der Waals surface area contributed by atoms with Gasteiger partial charge in [-0.05, 0) is 69.8 Å². The number of unbranched alkanes of at least 4 members (excludes halogenated alkanes) is 1. The summed E-state index contributed by atoms with van der Waals surface area (Å²) in [6, 6.07) is 10.7. The zero-order valence-corrected chi connectivity index (χ0v) is 19.8. The van der Waals surface area contributed by atoms with Gasteiger partial charge in [-0.15, -0.1) is 35.7 Å². The van der Waals surface area contributed by atoms with E-state index in [1.807, 2.05) is 18.8 Å². The zero-order valence-electron chi connectivity index (χ0n) is 16.6. The van der Waals surface area contributed by atoms with Crippen LogP contribution in [0.5, 0.6) is 0 Å². The van der Waals surface area contributed by atoms with Gasteiger partial charge in [-0.2, -0.15) is 0 Å². The van der Waals surface area contributed by atoms with Crippen molar-refractivity contribution >= 4 is 41.7 Å². The number of thioether (sulfide) groups is 1. The number of benzene rings is 1. The van der Waals surface area contributed by atoms with Crippen molar-refractivity contribution in [2.24, 2.45) is 10.9 Å². The number of nitrogens with zero attached hydrogens (tertiary/aromatic N) is 3. The monoisotopic (exact) mass is 502 g/mol. The Morgan fingerprint density at radius 2 is 1.93 bits per heavy atom. The number of likely N-dealkylation sites (tertiary alicyclic amines) is 2. The maximum Gasteiger partial charge on any atom is 0.193 e. The van der Waals surface area contributed by atoms with E-state index in [1.165, 1.54) is 62.4 Å². The molecule has 0 amide bonds. The molecule has 1 unspecified atom stereocenters. The number of hydrogen-bond donors (Lipinski definition) is 1. The maximum atomic E-state index is 4.51. The highest BCUT2D eigenvalue weighted by Crippen LogP contribution is 2.25. The minimum atomic E-state index is 0. The number of halogens is 1. The van der Waals surface area contributed by atoms with Crippen molar-refractivity contribution in [1.82, 2.24) is 15.1 Å². The van der Waals surface area contributed by atoms with Crippen molar-refractivity contribution < 1.29 is 0 Å². The molecule has 0 aliphatic carbocycles. The van der Waals surface area contributed by atoms with E-state index in [2.05, 4.69) is 50.4 Å². The molecule has 1 atom stereocenters. The summed E-state index contributed by atoms with van der Waals surface area (Å²) in [5.41, 5.74) is 0. The first-order valence-electron chi connectivity index (χ1n) is 10.2. The van der Waals surface area contributed by atoms with Gasteiger partial charge in [0.15, 0.2) is 5.96 Å². The summed E-state index contributed by atoms with van der Waals surface area (Å²) in [7, 11) is 1.92.